The molecule has 0 rings (SSSR count). The minimum atomic E-state index is -6.25. The fraction of sp³-hybridized carbons (Fsp3) is 0.857. The lowest BCUT2D eigenvalue weighted by Crippen LogP contribution is -2.37. The molecule has 4 nitrogen and oxygen atoms in total. The summed E-state index contributed by atoms with van der Waals surface area (Å²) < 4.78 is 60.4. The summed E-state index contributed by atoms with van der Waals surface area (Å²) in [6.45, 7) is 1.49. The number of carbonyl (C=O) groups is 1. The van der Waals surface area contributed by atoms with E-state index in [0.717, 1.165) is 6.42 Å². The van der Waals surface area contributed by atoms with Gasteiger partial charge in [0.2, 0.25) is 0 Å². The molecule has 0 N–H and O–H groups in total. The first-order chi connectivity index (χ1) is 6.73. The molecular weight excluding hydrogens is 237 g/mol. The van der Waals surface area contributed by atoms with Crippen molar-refractivity contribution in [1.29, 1.82) is 0 Å². The normalized spacial score (nSPS) is 12.5. The molecule has 0 saturated heterocycles. The van der Waals surface area contributed by atoms with Crippen LogP contribution in [0.15, 0.2) is 0 Å². The minimum absolute atomic E-state index is 0.324. The van der Waals surface area contributed by atoms with Crippen LogP contribution in [0.4, 0.5) is 12.7 Å². The molecule has 0 radical (unpaired) electrons. The molecule has 90 valence electrons. The summed E-state index contributed by atoms with van der Waals surface area (Å²) in [5, 5.41) is -5.11. The van der Waals surface area contributed by atoms with Crippen molar-refractivity contribution < 1.29 is 30.6 Å². The molecule has 0 spiro atoms. The van der Waals surface area contributed by atoms with Gasteiger partial charge in [0.25, 0.3) is 0 Å². The molecule has 0 unspecified atom stereocenters. The first kappa shape index (κ1) is 14.2. The molecule has 0 bridgehead atoms. The summed E-state index contributed by atoms with van der Waals surface area (Å²) in [5.74, 6) is -2.37. The third kappa shape index (κ3) is 4.06. The van der Waals surface area contributed by atoms with Gasteiger partial charge in [-0.1, -0.05) is 23.7 Å². The van der Waals surface area contributed by atoms with E-state index < -0.39 is 21.4 Å². The molecule has 0 aliphatic carbocycles. The van der Waals surface area contributed by atoms with Gasteiger partial charge in [-0.2, -0.15) is 17.2 Å². The molecular formula is C7H11F3O4S. The largest absolute Gasteiger partial charge is 0.470 e. The fourth-order valence-corrected chi connectivity index (χ4v) is 0.958. The summed E-state index contributed by atoms with van der Waals surface area (Å²) in [7, 11) is -6.25. The molecule has 0 heterocycles. The summed E-state index contributed by atoms with van der Waals surface area (Å²) in [6.07, 6.45) is 1.74. The highest BCUT2D eigenvalue weighted by Gasteiger charge is 2.55. The van der Waals surface area contributed by atoms with Crippen LogP contribution < -0.4 is 0 Å². The van der Waals surface area contributed by atoms with Gasteiger partial charge in [-0.15, -0.1) is 0 Å². The molecule has 0 fully saturated rings. The Kier molecular flexibility index (Phi) is 5.06. The molecule has 0 atom stereocenters. The molecule has 0 saturated carbocycles. The number of hydrogen-bond donors (Lipinski definition) is 0. The van der Waals surface area contributed by atoms with Gasteiger partial charge in [-0.25, -0.2) is 4.79 Å². The van der Waals surface area contributed by atoms with E-state index in [-0.39, 0.29) is 6.61 Å². The Balaban J connectivity index is 4.22. The number of carbonyl (C=O) groups excluding carboxylic acids is 1. The SMILES string of the molecule is CCCCCOC(=O)C(F)(F)S(=O)(=O)F. The number of hydrogen-bond acceptors (Lipinski definition) is 4. The van der Waals surface area contributed by atoms with Crippen molar-refractivity contribution in [3.63, 3.8) is 0 Å². The first-order valence-corrected chi connectivity index (χ1v) is 5.61. The van der Waals surface area contributed by atoms with Gasteiger partial charge in [-0.05, 0) is 6.42 Å². The van der Waals surface area contributed by atoms with Crippen LogP contribution in [0.1, 0.15) is 26.2 Å². The number of alkyl halides is 2. The van der Waals surface area contributed by atoms with Gasteiger partial charge in [0, 0.05) is 0 Å². The van der Waals surface area contributed by atoms with E-state index in [1.165, 1.54) is 0 Å². The molecule has 0 aliphatic rings. The maximum atomic E-state index is 12.4. The van der Waals surface area contributed by atoms with E-state index in [4.69, 9.17) is 0 Å². The number of ether oxygens (including phenoxy) is 1. The average Bonchev–Trinajstić information content (AvgIpc) is 2.10. The van der Waals surface area contributed by atoms with Crippen LogP contribution in [-0.2, 0) is 19.8 Å². The van der Waals surface area contributed by atoms with Gasteiger partial charge in [-0.3, -0.25) is 0 Å². The Hall–Kier alpha value is -0.790. The van der Waals surface area contributed by atoms with Crippen molar-refractivity contribution in [2.45, 2.75) is 31.4 Å². The maximum Gasteiger partial charge on any atom is 0.470 e. The summed E-state index contributed by atoms with van der Waals surface area (Å²) in [6, 6.07) is 0. The Morgan fingerprint density at radius 3 is 2.27 bits per heavy atom. The predicted molar refractivity (Wildman–Crippen MR) is 45.5 cm³/mol. The van der Waals surface area contributed by atoms with Crippen molar-refractivity contribution in [2.75, 3.05) is 6.61 Å². The zero-order valence-corrected chi connectivity index (χ0v) is 8.82. The van der Waals surface area contributed by atoms with Gasteiger partial charge < -0.3 is 4.74 Å². The van der Waals surface area contributed by atoms with E-state index in [1.54, 1.807) is 0 Å². The van der Waals surface area contributed by atoms with Crippen LogP contribution >= 0.6 is 0 Å². The van der Waals surface area contributed by atoms with Crippen molar-refractivity contribution in [1.82, 2.24) is 0 Å². The second-order valence-corrected chi connectivity index (χ2v) is 4.19. The quantitative estimate of drug-likeness (QED) is 0.407. The summed E-state index contributed by atoms with van der Waals surface area (Å²) in [5.41, 5.74) is 0. The van der Waals surface area contributed by atoms with E-state index in [9.17, 15) is 25.9 Å². The van der Waals surface area contributed by atoms with E-state index in [2.05, 4.69) is 4.74 Å². The molecule has 0 amide bonds. The van der Waals surface area contributed by atoms with Crippen molar-refractivity contribution >= 4 is 16.2 Å². The second kappa shape index (κ2) is 5.34. The highest BCUT2D eigenvalue weighted by Crippen LogP contribution is 2.25. The Bertz CT molecular complexity index is 312. The third-order valence-corrected chi connectivity index (χ3v) is 2.30. The van der Waals surface area contributed by atoms with Crippen LogP contribution in [0.25, 0.3) is 0 Å². The first-order valence-electron chi connectivity index (χ1n) is 4.22. The van der Waals surface area contributed by atoms with Crippen LogP contribution in [-0.4, -0.2) is 26.2 Å². The standard InChI is InChI=1S/C7H11F3O4S/c1-2-3-4-5-14-6(11)7(8,9)15(10,12)13/h2-5H2,1H3. The van der Waals surface area contributed by atoms with Crippen LogP contribution in [0.3, 0.4) is 0 Å². The van der Waals surface area contributed by atoms with Gasteiger partial charge >= 0.3 is 21.4 Å². The highest BCUT2D eigenvalue weighted by molar-refractivity contribution is 7.88. The summed E-state index contributed by atoms with van der Waals surface area (Å²) >= 11 is 0. The van der Waals surface area contributed by atoms with Crippen LogP contribution in [0.2, 0.25) is 0 Å². The lowest BCUT2D eigenvalue weighted by molar-refractivity contribution is -0.161. The summed E-state index contributed by atoms with van der Waals surface area (Å²) in [4.78, 5) is 10.5. The molecule has 0 aromatic heterocycles. The second-order valence-electron chi connectivity index (χ2n) is 2.80. The van der Waals surface area contributed by atoms with Crippen molar-refractivity contribution in [3.05, 3.63) is 0 Å². The Morgan fingerprint density at radius 2 is 1.87 bits per heavy atom. The van der Waals surface area contributed by atoms with Gasteiger partial charge in [0.05, 0.1) is 6.61 Å². The molecule has 0 aromatic rings. The minimum Gasteiger partial charge on any atom is -0.460 e. The average molecular weight is 248 g/mol. The Morgan fingerprint density at radius 1 is 1.33 bits per heavy atom. The van der Waals surface area contributed by atoms with Gasteiger partial charge in [0.1, 0.15) is 0 Å². The van der Waals surface area contributed by atoms with Crippen LogP contribution in [0, 0.1) is 0 Å². The smallest absolute Gasteiger partial charge is 0.460 e. The van der Waals surface area contributed by atoms with Crippen molar-refractivity contribution in [3.8, 4) is 0 Å². The lowest BCUT2D eigenvalue weighted by atomic mass is 10.3. The monoisotopic (exact) mass is 248 g/mol. The van der Waals surface area contributed by atoms with E-state index >= 15 is 0 Å². The third-order valence-electron chi connectivity index (χ3n) is 1.52. The van der Waals surface area contributed by atoms with E-state index in [0.29, 0.717) is 12.8 Å². The molecule has 15 heavy (non-hydrogen) atoms. The van der Waals surface area contributed by atoms with Gasteiger partial charge in [0.15, 0.2) is 0 Å². The highest BCUT2D eigenvalue weighted by atomic mass is 32.3. The molecule has 0 aromatic carbocycles. The number of esters is 1. The number of halogens is 3. The van der Waals surface area contributed by atoms with Crippen LogP contribution in [0.5, 0.6) is 0 Å². The molecule has 8 heteroatoms. The zero-order chi connectivity index (χ0) is 12.1. The van der Waals surface area contributed by atoms with E-state index in [1.807, 2.05) is 6.92 Å². The van der Waals surface area contributed by atoms with Crippen molar-refractivity contribution in [2.24, 2.45) is 0 Å². The molecule has 0 aliphatic heterocycles. The lowest BCUT2D eigenvalue weighted by Gasteiger charge is -2.10. The maximum absolute atomic E-state index is 12.4. The number of unbranched alkanes of at least 4 members (excludes halogenated alkanes) is 2. The Labute approximate surface area is 85.6 Å². The topological polar surface area (TPSA) is 60.4 Å². The zero-order valence-electron chi connectivity index (χ0n) is 8.00. The number of rotatable bonds is 6. The predicted octanol–water partition coefficient (Wildman–Crippen LogP) is 1.61. The fourth-order valence-electron chi connectivity index (χ4n) is 0.700.